The molecule has 0 amide bonds. The highest BCUT2D eigenvalue weighted by Gasteiger charge is 2.42. The van der Waals surface area contributed by atoms with Gasteiger partial charge in [0.05, 0.1) is 4.90 Å². The molecule has 0 spiro atoms. The van der Waals surface area contributed by atoms with Crippen molar-refractivity contribution in [2.45, 2.75) is 43.0 Å². The van der Waals surface area contributed by atoms with Crippen molar-refractivity contribution in [3.63, 3.8) is 0 Å². The van der Waals surface area contributed by atoms with E-state index in [1.807, 2.05) is 0 Å². The number of benzene rings is 1. The first-order valence-electron chi connectivity index (χ1n) is 7.42. The average molecular weight is 324 g/mol. The van der Waals surface area contributed by atoms with Crippen LogP contribution in [0.5, 0.6) is 0 Å². The van der Waals surface area contributed by atoms with Crippen molar-refractivity contribution >= 4 is 27.2 Å². The lowest BCUT2D eigenvalue weighted by Gasteiger charge is -2.31. The van der Waals surface area contributed by atoms with Gasteiger partial charge in [-0.25, -0.2) is 8.42 Å². The molecule has 0 aromatic heterocycles. The summed E-state index contributed by atoms with van der Waals surface area (Å²) in [5.74, 6) is 0.519. The van der Waals surface area contributed by atoms with Gasteiger partial charge in [0.2, 0.25) is 10.0 Å². The highest BCUT2D eigenvalue weighted by atomic mass is 32.2. The molecule has 4 nitrogen and oxygen atoms in total. The van der Waals surface area contributed by atoms with Crippen LogP contribution in [0.25, 0.3) is 0 Å². The molecule has 3 rings (SSSR count). The van der Waals surface area contributed by atoms with E-state index >= 15 is 0 Å². The summed E-state index contributed by atoms with van der Waals surface area (Å²) in [5, 5.41) is 0. The molecular formula is C15H20N2O2S2. The van der Waals surface area contributed by atoms with E-state index in [9.17, 15) is 8.42 Å². The molecule has 1 aliphatic heterocycles. The molecule has 1 heterocycles. The molecule has 6 heteroatoms. The SMILES string of the molecule is NC(=S)c1ccccc1S(=O)(=O)N1CCC2CCCCC21. The molecule has 1 aromatic rings. The fraction of sp³-hybridized carbons (Fsp3) is 0.533. The van der Waals surface area contributed by atoms with Gasteiger partial charge in [0, 0.05) is 18.2 Å². The minimum atomic E-state index is -3.52. The molecule has 2 N–H and O–H groups in total. The molecule has 21 heavy (non-hydrogen) atoms. The number of sulfonamides is 1. The van der Waals surface area contributed by atoms with E-state index in [4.69, 9.17) is 18.0 Å². The van der Waals surface area contributed by atoms with Gasteiger partial charge in [0.25, 0.3) is 0 Å². The van der Waals surface area contributed by atoms with Crippen molar-refractivity contribution in [3.8, 4) is 0 Å². The Labute approximate surface area is 131 Å². The fourth-order valence-corrected chi connectivity index (χ4v) is 5.86. The van der Waals surface area contributed by atoms with Gasteiger partial charge < -0.3 is 5.73 Å². The molecule has 1 saturated heterocycles. The summed E-state index contributed by atoms with van der Waals surface area (Å²) in [4.78, 5) is 0.386. The van der Waals surface area contributed by atoms with Crippen LogP contribution in [0, 0.1) is 5.92 Å². The number of thiocarbonyl (C=S) groups is 1. The number of hydrogen-bond donors (Lipinski definition) is 1. The minimum Gasteiger partial charge on any atom is -0.389 e. The Morgan fingerprint density at radius 3 is 2.67 bits per heavy atom. The quantitative estimate of drug-likeness (QED) is 0.867. The molecule has 1 aliphatic carbocycles. The third-order valence-electron chi connectivity index (χ3n) is 4.70. The number of rotatable bonds is 3. The number of nitrogens with zero attached hydrogens (tertiary/aromatic N) is 1. The number of fused-ring (bicyclic) bond motifs is 1. The van der Waals surface area contributed by atoms with Gasteiger partial charge >= 0.3 is 0 Å². The van der Waals surface area contributed by atoms with Gasteiger partial charge in [-0.15, -0.1) is 0 Å². The van der Waals surface area contributed by atoms with Gasteiger partial charge in [0.15, 0.2) is 0 Å². The number of nitrogens with two attached hydrogens (primary N) is 1. The Morgan fingerprint density at radius 2 is 1.90 bits per heavy atom. The lowest BCUT2D eigenvalue weighted by atomic mass is 9.86. The Hall–Kier alpha value is -0.980. The van der Waals surface area contributed by atoms with Gasteiger partial charge in [-0.2, -0.15) is 4.31 Å². The minimum absolute atomic E-state index is 0.133. The van der Waals surface area contributed by atoms with Crippen LogP contribution in [-0.4, -0.2) is 30.3 Å². The van der Waals surface area contributed by atoms with Crippen LogP contribution >= 0.6 is 12.2 Å². The predicted octanol–water partition coefficient (Wildman–Crippen LogP) is 2.27. The van der Waals surface area contributed by atoms with E-state index < -0.39 is 10.0 Å². The topological polar surface area (TPSA) is 63.4 Å². The van der Waals surface area contributed by atoms with Crippen molar-refractivity contribution < 1.29 is 8.42 Å². The van der Waals surface area contributed by atoms with Crippen molar-refractivity contribution in [2.75, 3.05) is 6.54 Å². The van der Waals surface area contributed by atoms with E-state index in [2.05, 4.69) is 0 Å². The molecule has 2 fully saturated rings. The normalized spacial score (nSPS) is 26.5. The lowest BCUT2D eigenvalue weighted by Crippen LogP contribution is -2.39. The monoisotopic (exact) mass is 324 g/mol. The molecule has 0 radical (unpaired) electrons. The van der Waals surface area contributed by atoms with E-state index in [-0.39, 0.29) is 15.9 Å². The maximum absolute atomic E-state index is 13.0. The Morgan fingerprint density at radius 1 is 1.19 bits per heavy atom. The number of hydrogen-bond acceptors (Lipinski definition) is 3. The summed E-state index contributed by atoms with van der Waals surface area (Å²) in [5.41, 5.74) is 6.14. The summed E-state index contributed by atoms with van der Waals surface area (Å²) in [6.45, 7) is 0.614. The van der Waals surface area contributed by atoms with Crippen molar-refractivity contribution in [2.24, 2.45) is 11.7 Å². The Kier molecular flexibility index (Phi) is 4.03. The second-order valence-corrected chi connectivity index (χ2v) is 8.18. The standard InChI is InChI=1S/C15H20N2O2S2/c16-15(20)12-6-2-4-8-14(12)21(18,19)17-10-9-11-5-1-3-7-13(11)17/h2,4,6,8,11,13H,1,3,5,7,9-10H2,(H2,16,20). The van der Waals surface area contributed by atoms with Crippen LogP contribution in [0.1, 0.15) is 37.7 Å². The van der Waals surface area contributed by atoms with Crippen LogP contribution in [0.4, 0.5) is 0 Å². The van der Waals surface area contributed by atoms with Gasteiger partial charge in [0.1, 0.15) is 4.99 Å². The summed E-state index contributed by atoms with van der Waals surface area (Å²) in [6, 6.07) is 6.94. The zero-order valence-corrected chi connectivity index (χ0v) is 13.5. The van der Waals surface area contributed by atoms with E-state index in [0.29, 0.717) is 18.0 Å². The first kappa shape index (κ1) is 14.9. The van der Waals surface area contributed by atoms with Crippen LogP contribution in [0.15, 0.2) is 29.2 Å². The predicted molar refractivity (Wildman–Crippen MR) is 86.6 cm³/mol. The summed E-state index contributed by atoms with van der Waals surface area (Å²) >= 11 is 5.00. The molecule has 114 valence electrons. The zero-order valence-electron chi connectivity index (χ0n) is 11.9. The second kappa shape index (κ2) is 5.66. The van der Waals surface area contributed by atoms with Crippen molar-refractivity contribution in [1.82, 2.24) is 4.31 Å². The summed E-state index contributed by atoms with van der Waals surface area (Å²) in [7, 11) is -3.52. The zero-order chi connectivity index (χ0) is 15.0. The first-order valence-corrected chi connectivity index (χ1v) is 9.27. The van der Waals surface area contributed by atoms with Crippen LogP contribution < -0.4 is 5.73 Å². The molecule has 2 aliphatic rings. The summed E-state index contributed by atoms with van der Waals surface area (Å²) in [6.07, 6.45) is 5.43. The third-order valence-corrected chi connectivity index (χ3v) is 6.90. The van der Waals surface area contributed by atoms with Crippen LogP contribution in [0.3, 0.4) is 0 Å². The highest BCUT2D eigenvalue weighted by Crippen LogP contribution is 2.39. The van der Waals surface area contributed by atoms with E-state index in [0.717, 1.165) is 25.7 Å². The maximum Gasteiger partial charge on any atom is 0.244 e. The van der Waals surface area contributed by atoms with Gasteiger partial charge in [-0.05, 0) is 31.2 Å². The molecule has 2 unspecified atom stereocenters. The Balaban J connectivity index is 2.00. The van der Waals surface area contributed by atoms with Gasteiger partial charge in [-0.3, -0.25) is 0 Å². The summed E-state index contributed by atoms with van der Waals surface area (Å²) < 4.78 is 27.7. The smallest absolute Gasteiger partial charge is 0.244 e. The fourth-order valence-electron chi connectivity index (χ4n) is 3.68. The molecular weight excluding hydrogens is 304 g/mol. The molecule has 1 saturated carbocycles. The highest BCUT2D eigenvalue weighted by molar-refractivity contribution is 7.89. The van der Waals surface area contributed by atoms with Crippen molar-refractivity contribution in [1.29, 1.82) is 0 Å². The van der Waals surface area contributed by atoms with Crippen molar-refractivity contribution in [3.05, 3.63) is 29.8 Å². The first-order chi connectivity index (χ1) is 10.0. The maximum atomic E-state index is 13.0. The second-order valence-electron chi connectivity index (χ2n) is 5.88. The third kappa shape index (κ3) is 2.60. The molecule has 2 atom stereocenters. The van der Waals surface area contributed by atoms with Crippen LogP contribution in [0.2, 0.25) is 0 Å². The largest absolute Gasteiger partial charge is 0.389 e. The average Bonchev–Trinajstić information content (AvgIpc) is 2.92. The molecule has 0 bridgehead atoms. The Bertz CT molecular complexity index is 657. The van der Waals surface area contributed by atoms with E-state index in [1.54, 1.807) is 28.6 Å². The van der Waals surface area contributed by atoms with E-state index in [1.165, 1.54) is 6.42 Å². The lowest BCUT2D eigenvalue weighted by molar-refractivity contribution is 0.260. The van der Waals surface area contributed by atoms with Gasteiger partial charge in [-0.1, -0.05) is 43.3 Å². The molecule has 1 aromatic carbocycles. The van der Waals surface area contributed by atoms with Crippen LogP contribution in [-0.2, 0) is 10.0 Å².